The third kappa shape index (κ3) is 2.90. The molecule has 2 rings (SSSR count). The summed E-state index contributed by atoms with van der Waals surface area (Å²) in [5.74, 6) is 1.34. The number of nitrogens with zero attached hydrogens (tertiary/aromatic N) is 3. The highest BCUT2D eigenvalue weighted by Crippen LogP contribution is 2.13. The zero-order chi connectivity index (χ0) is 11.2. The molecule has 0 radical (unpaired) electrons. The molecule has 2 aromatic heterocycles. The number of hydrogen-bond donors (Lipinski definition) is 1. The molecule has 0 saturated heterocycles. The van der Waals surface area contributed by atoms with Crippen molar-refractivity contribution in [3.8, 4) is 5.88 Å². The predicted octanol–water partition coefficient (Wildman–Crippen LogP) is 1.94. The average Bonchev–Trinajstić information content (AvgIpc) is 2.80. The van der Waals surface area contributed by atoms with E-state index in [-0.39, 0.29) is 0 Å². The fourth-order valence-electron chi connectivity index (χ4n) is 1.17. The topological polar surface area (TPSA) is 59.9 Å². The van der Waals surface area contributed by atoms with Crippen molar-refractivity contribution in [3.05, 3.63) is 29.0 Å². The Balaban J connectivity index is 1.96. The lowest BCUT2D eigenvalue weighted by atomic mass is 10.5. The first-order chi connectivity index (χ1) is 7.88. The van der Waals surface area contributed by atoms with Gasteiger partial charge in [-0.2, -0.15) is 0 Å². The first-order valence-corrected chi connectivity index (χ1v) is 5.82. The molecule has 0 atom stereocenters. The van der Waals surface area contributed by atoms with Gasteiger partial charge in [-0.1, -0.05) is 0 Å². The Bertz CT molecular complexity index is 432. The predicted molar refractivity (Wildman–Crippen MR) is 62.6 cm³/mol. The van der Waals surface area contributed by atoms with Crippen molar-refractivity contribution in [3.63, 3.8) is 0 Å². The fourth-order valence-corrected chi connectivity index (χ4v) is 1.70. The number of hydrogen-bond acceptors (Lipinski definition) is 6. The highest BCUT2D eigenvalue weighted by atomic mass is 32.1. The molecule has 0 fully saturated rings. The highest BCUT2D eigenvalue weighted by Gasteiger charge is 1.99. The third-order valence-electron chi connectivity index (χ3n) is 1.86. The SMILES string of the molecule is CCOc1cc(NCc2cncs2)ncn1. The molecule has 1 N–H and O–H groups in total. The van der Waals surface area contributed by atoms with Crippen LogP contribution >= 0.6 is 11.3 Å². The van der Waals surface area contributed by atoms with Crippen molar-refractivity contribution in [2.75, 3.05) is 11.9 Å². The molecule has 5 nitrogen and oxygen atoms in total. The summed E-state index contributed by atoms with van der Waals surface area (Å²) in [5.41, 5.74) is 1.81. The van der Waals surface area contributed by atoms with Crippen LogP contribution in [-0.4, -0.2) is 21.6 Å². The fraction of sp³-hybridized carbons (Fsp3) is 0.300. The number of nitrogens with one attached hydrogen (secondary N) is 1. The van der Waals surface area contributed by atoms with E-state index in [9.17, 15) is 0 Å². The second-order valence-electron chi connectivity index (χ2n) is 3.00. The summed E-state index contributed by atoms with van der Waals surface area (Å²) in [7, 11) is 0. The van der Waals surface area contributed by atoms with E-state index in [0.29, 0.717) is 19.0 Å². The minimum Gasteiger partial charge on any atom is -0.478 e. The van der Waals surface area contributed by atoms with Gasteiger partial charge in [0.05, 0.1) is 18.7 Å². The third-order valence-corrected chi connectivity index (χ3v) is 2.64. The van der Waals surface area contributed by atoms with Crippen LogP contribution in [0.2, 0.25) is 0 Å². The van der Waals surface area contributed by atoms with Crippen LogP contribution in [0.15, 0.2) is 24.1 Å². The Hall–Kier alpha value is -1.69. The maximum absolute atomic E-state index is 5.28. The largest absolute Gasteiger partial charge is 0.478 e. The van der Waals surface area contributed by atoms with Crippen LogP contribution in [0.25, 0.3) is 0 Å². The van der Waals surface area contributed by atoms with Gasteiger partial charge in [-0.25, -0.2) is 9.97 Å². The van der Waals surface area contributed by atoms with E-state index in [0.717, 1.165) is 10.7 Å². The maximum atomic E-state index is 5.28. The van der Waals surface area contributed by atoms with Crippen LogP contribution in [0.5, 0.6) is 5.88 Å². The van der Waals surface area contributed by atoms with Crippen molar-refractivity contribution in [1.82, 2.24) is 15.0 Å². The number of anilines is 1. The van der Waals surface area contributed by atoms with E-state index in [4.69, 9.17) is 4.74 Å². The van der Waals surface area contributed by atoms with Gasteiger partial charge >= 0.3 is 0 Å². The Morgan fingerprint density at radius 3 is 3.12 bits per heavy atom. The summed E-state index contributed by atoms with van der Waals surface area (Å²) in [5, 5.41) is 3.19. The van der Waals surface area contributed by atoms with Crippen LogP contribution in [0.4, 0.5) is 5.82 Å². The molecule has 0 aromatic carbocycles. The Morgan fingerprint density at radius 1 is 1.44 bits per heavy atom. The normalized spacial score (nSPS) is 10.1. The number of rotatable bonds is 5. The molecular weight excluding hydrogens is 224 g/mol. The van der Waals surface area contributed by atoms with Gasteiger partial charge < -0.3 is 10.1 Å². The van der Waals surface area contributed by atoms with E-state index >= 15 is 0 Å². The van der Waals surface area contributed by atoms with Gasteiger partial charge in [0.15, 0.2) is 0 Å². The van der Waals surface area contributed by atoms with Gasteiger partial charge in [0.2, 0.25) is 5.88 Å². The molecule has 0 aliphatic rings. The second-order valence-corrected chi connectivity index (χ2v) is 3.97. The minimum absolute atomic E-state index is 0.587. The van der Waals surface area contributed by atoms with E-state index < -0.39 is 0 Å². The minimum atomic E-state index is 0.587. The zero-order valence-corrected chi connectivity index (χ0v) is 9.70. The summed E-state index contributed by atoms with van der Waals surface area (Å²) in [6.07, 6.45) is 3.32. The monoisotopic (exact) mass is 236 g/mol. The summed E-state index contributed by atoms with van der Waals surface area (Å²) in [6.45, 7) is 3.24. The second kappa shape index (κ2) is 5.41. The van der Waals surface area contributed by atoms with Crippen LogP contribution in [0.1, 0.15) is 11.8 Å². The molecule has 84 valence electrons. The van der Waals surface area contributed by atoms with Crippen molar-refractivity contribution in [1.29, 1.82) is 0 Å². The van der Waals surface area contributed by atoms with Crippen molar-refractivity contribution in [2.24, 2.45) is 0 Å². The van der Waals surface area contributed by atoms with Gasteiger partial charge in [-0.15, -0.1) is 11.3 Å². The van der Waals surface area contributed by atoms with Crippen LogP contribution in [0, 0.1) is 0 Å². The lowest BCUT2D eigenvalue weighted by Gasteiger charge is -2.05. The van der Waals surface area contributed by atoms with E-state index in [1.807, 2.05) is 18.6 Å². The van der Waals surface area contributed by atoms with Gasteiger partial charge in [-0.05, 0) is 6.92 Å². The van der Waals surface area contributed by atoms with Gasteiger partial charge in [-0.3, -0.25) is 4.98 Å². The molecule has 0 spiro atoms. The first-order valence-electron chi connectivity index (χ1n) is 4.94. The standard InChI is InChI=1S/C10H12N4OS/c1-2-15-10-3-9(13-6-14-10)12-5-8-4-11-7-16-8/h3-4,6-7H,2,5H2,1H3,(H,12,13,14). The molecule has 2 heterocycles. The molecule has 0 aliphatic carbocycles. The molecular formula is C10H12N4OS. The lowest BCUT2D eigenvalue weighted by Crippen LogP contribution is -2.02. The van der Waals surface area contributed by atoms with Crippen LogP contribution in [0.3, 0.4) is 0 Å². The molecule has 6 heteroatoms. The highest BCUT2D eigenvalue weighted by molar-refractivity contribution is 7.09. The number of thiazole rings is 1. The molecule has 2 aromatic rings. The summed E-state index contributed by atoms with van der Waals surface area (Å²) in [4.78, 5) is 13.3. The summed E-state index contributed by atoms with van der Waals surface area (Å²) in [6, 6.07) is 1.78. The summed E-state index contributed by atoms with van der Waals surface area (Å²) >= 11 is 1.61. The quantitative estimate of drug-likeness (QED) is 0.859. The van der Waals surface area contributed by atoms with Crippen LogP contribution < -0.4 is 10.1 Å². The van der Waals surface area contributed by atoms with Gasteiger partial charge in [0, 0.05) is 17.1 Å². The van der Waals surface area contributed by atoms with Crippen molar-refractivity contribution >= 4 is 17.2 Å². The average molecular weight is 236 g/mol. The Kier molecular flexibility index (Phi) is 3.66. The van der Waals surface area contributed by atoms with E-state index in [1.165, 1.54) is 6.33 Å². The first kappa shape index (κ1) is 10.8. The van der Waals surface area contributed by atoms with E-state index in [2.05, 4.69) is 20.3 Å². The van der Waals surface area contributed by atoms with E-state index in [1.54, 1.807) is 17.4 Å². The van der Waals surface area contributed by atoms with Gasteiger partial charge in [0.25, 0.3) is 0 Å². The lowest BCUT2D eigenvalue weighted by molar-refractivity contribution is 0.326. The molecule has 0 saturated carbocycles. The zero-order valence-electron chi connectivity index (χ0n) is 8.88. The van der Waals surface area contributed by atoms with Crippen molar-refractivity contribution < 1.29 is 4.74 Å². The number of ether oxygens (including phenoxy) is 1. The Morgan fingerprint density at radius 2 is 2.38 bits per heavy atom. The molecule has 0 unspecified atom stereocenters. The van der Waals surface area contributed by atoms with Crippen molar-refractivity contribution in [2.45, 2.75) is 13.5 Å². The Labute approximate surface area is 97.5 Å². The summed E-state index contributed by atoms with van der Waals surface area (Å²) < 4.78 is 5.28. The maximum Gasteiger partial charge on any atom is 0.218 e. The van der Waals surface area contributed by atoms with Gasteiger partial charge in [0.1, 0.15) is 12.1 Å². The molecule has 16 heavy (non-hydrogen) atoms. The van der Waals surface area contributed by atoms with Crippen LogP contribution in [-0.2, 0) is 6.54 Å². The molecule has 0 aliphatic heterocycles. The molecule has 0 amide bonds. The smallest absolute Gasteiger partial charge is 0.218 e. The number of aromatic nitrogens is 3. The molecule has 0 bridgehead atoms.